The predicted molar refractivity (Wildman–Crippen MR) is 118 cm³/mol. The molecule has 176 valence electrons. The minimum absolute atomic E-state index is 0.0412. The van der Waals surface area contributed by atoms with E-state index in [2.05, 4.69) is 4.99 Å². The third-order valence-corrected chi connectivity index (χ3v) is 8.21. The number of nitrogens with zero attached hydrogens (tertiary/aromatic N) is 3. The van der Waals surface area contributed by atoms with Crippen LogP contribution in [0.3, 0.4) is 0 Å². The number of benzene rings is 1. The number of carbonyl (C=O) groups excluding carboxylic acids is 2. The monoisotopic (exact) mass is 504 g/mol. The molecule has 1 unspecified atom stereocenters. The number of primary sulfonamides is 1. The molecule has 0 bridgehead atoms. The lowest BCUT2D eigenvalue weighted by molar-refractivity contribution is -0.143. The highest BCUT2D eigenvalue weighted by atomic mass is 32.2. The summed E-state index contributed by atoms with van der Waals surface area (Å²) in [5.41, 5.74) is 0.489. The average Bonchev–Trinajstić information content (AvgIpc) is 3.03. The van der Waals surface area contributed by atoms with Crippen LogP contribution in [-0.4, -0.2) is 63.5 Å². The van der Waals surface area contributed by atoms with Crippen molar-refractivity contribution in [1.29, 1.82) is 0 Å². The van der Waals surface area contributed by atoms with Crippen LogP contribution < -0.4 is 9.94 Å². The summed E-state index contributed by atoms with van der Waals surface area (Å²) in [4.78, 5) is 29.2. The molecule has 1 saturated heterocycles. The first-order valence-electron chi connectivity index (χ1n) is 9.75. The molecule has 1 amide bonds. The minimum atomic E-state index is -3.94. The van der Waals surface area contributed by atoms with Crippen LogP contribution in [0.25, 0.3) is 10.2 Å². The van der Waals surface area contributed by atoms with Crippen LogP contribution in [-0.2, 0) is 40.9 Å². The molecular weight excluding hydrogens is 480 g/mol. The molecule has 14 heteroatoms. The largest absolute Gasteiger partial charge is 0.465 e. The summed E-state index contributed by atoms with van der Waals surface area (Å²) in [6.45, 7) is 2.00. The van der Waals surface area contributed by atoms with Gasteiger partial charge in [-0.2, -0.15) is 4.99 Å². The maximum Gasteiger partial charge on any atom is 0.326 e. The molecule has 1 aliphatic rings. The molecule has 1 aromatic carbocycles. The Morgan fingerprint density at radius 3 is 2.62 bits per heavy atom. The van der Waals surface area contributed by atoms with E-state index in [1.54, 1.807) is 6.92 Å². The van der Waals surface area contributed by atoms with Gasteiger partial charge in [0.2, 0.25) is 20.0 Å². The number of fused-ring (bicyclic) bond motifs is 1. The van der Waals surface area contributed by atoms with Gasteiger partial charge in [0.1, 0.15) is 6.54 Å². The molecule has 0 saturated carbocycles. The third-order valence-electron chi connectivity index (χ3n) is 4.98. The Labute approximate surface area is 189 Å². The van der Waals surface area contributed by atoms with Crippen LogP contribution in [0.5, 0.6) is 0 Å². The van der Waals surface area contributed by atoms with Crippen molar-refractivity contribution in [2.45, 2.75) is 31.2 Å². The van der Waals surface area contributed by atoms with Crippen molar-refractivity contribution in [2.24, 2.45) is 16.0 Å². The molecule has 32 heavy (non-hydrogen) atoms. The summed E-state index contributed by atoms with van der Waals surface area (Å²) in [6.07, 6.45) is 2.12. The first-order valence-corrected chi connectivity index (χ1v) is 14.0. The fourth-order valence-electron chi connectivity index (χ4n) is 3.44. The standard InChI is InChI=1S/C18H24N4O7S3/c1-3-29-16(23)11-22-14-7-6-13(32(19,27)28)9-15(14)30-18(22)20-17(24)12-5-4-8-21(10-12)31(2,25)26/h6-7,9,12H,3-5,8,10-11H2,1-2H3,(H2,19,27,28). The van der Waals surface area contributed by atoms with Crippen molar-refractivity contribution in [3.8, 4) is 0 Å². The fourth-order valence-corrected chi connectivity index (χ4v) is 6.04. The molecule has 2 heterocycles. The molecule has 11 nitrogen and oxygen atoms in total. The number of rotatable bonds is 6. The maximum absolute atomic E-state index is 12.9. The lowest BCUT2D eigenvalue weighted by Crippen LogP contribution is -2.41. The van der Waals surface area contributed by atoms with E-state index >= 15 is 0 Å². The van der Waals surface area contributed by atoms with Gasteiger partial charge in [-0.1, -0.05) is 11.3 Å². The van der Waals surface area contributed by atoms with Gasteiger partial charge >= 0.3 is 5.97 Å². The molecule has 0 radical (unpaired) electrons. The number of nitrogens with two attached hydrogens (primary N) is 1. The van der Waals surface area contributed by atoms with Gasteiger partial charge in [0.25, 0.3) is 5.91 Å². The number of esters is 1. The zero-order valence-electron chi connectivity index (χ0n) is 17.6. The van der Waals surface area contributed by atoms with Gasteiger partial charge in [-0.25, -0.2) is 26.3 Å². The van der Waals surface area contributed by atoms with Crippen LogP contribution in [0, 0.1) is 5.92 Å². The number of piperidine rings is 1. The van der Waals surface area contributed by atoms with Gasteiger partial charge in [0.15, 0.2) is 4.80 Å². The van der Waals surface area contributed by atoms with Crippen molar-refractivity contribution in [3.05, 3.63) is 23.0 Å². The quantitative estimate of drug-likeness (QED) is 0.543. The summed E-state index contributed by atoms with van der Waals surface area (Å²) in [5.74, 6) is -1.66. The molecule has 1 fully saturated rings. The molecule has 3 rings (SSSR count). The van der Waals surface area contributed by atoms with Crippen molar-refractivity contribution in [3.63, 3.8) is 0 Å². The Balaban J connectivity index is 2.05. The van der Waals surface area contributed by atoms with Crippen molar-refractivity contribution in [2.75, 3.05) is 26.0 Å². The van der Waals surface area contributed by atoms with E-state index in [9.17, 15) is 26.4 Å². The van der Waals surface area contributed by atoms with E-state index < -0.39 is 37.8 Å². The molecule has 1 aromatic heterocycles. The number of sulfonamides is 2. The summed E-state index contributed by atoms with van der Waals surface area (Å²) < 4.78 is 55.3. The summed E-state index contributed by atoms with van der Waals surface area (Å²) in [5, 5.41) is 5.20. The molecular formula is C18H24N4O7S3. The lowest BCUT2D eigenvalue weighted by Gasteiger charge is -2.28. The second kappa shape index (κ2) is 9.39. The molecule has 1 atom stereocenters. The highest BCUT2D eigenvalue weighted by molar-refractivity contribution is 7.89. The Morgan fingerprint density at radius 1 is 1.28 bits per heavy atom. The Hall–Kier alpha value is -2.13. The van der Waals surface area contributed by atoms with Crippen LogP contribution >= 0.6 is 11.3 Å². The molecule has 2 N–H and O–H groups in total. The Kier molecular flexibility index (Phi) is 7.19. The topological polar surface area (TPSA) is 158 Å². The maximum atomic E-state index is 12.9. The van der Waals surface area contributed by atoms with Crippen LogP contribution in [0.1, 0.15) is 19.8 Å². The van der Waals surface area contributed by atoms with Gasteiger partial charge in [-0.05, 0) is 38.0 Å². The first kappa shape index (κ1) is 24.5. The van der Waals surface area contributed by atoms with E-state index in [-0.39, 0.29) is 29.4 Å². The fraction of sp³-hybridized carbons (Fsp3) is 0.500. The third kappa shape index (κ3) is 5.61. The molecule has 0 spiro atoms. The van der Waals surface area contributed by atoms with Crippen LogP contribution in [0.2, 0.25) is 0 Å². The van der Waals surface area contributed by atoms with Gasteiger partial charge in [-0.3, -0.25) is 9.59 Å². The zero-order valence-corrected chi connectivity index (χ0v) is 20.0. The van der Waals surface area contributed by atoms with E-state index in [4.69, 9.17) is 9.88 Å². The number of hydrogen-bond donors (Lipinski definition) is 1. The number of carbonyl (C=O) groups is 2. The van der Waals surface area contributed by atoms with Gasteiger partial charge in [0, 0.05) is 13.1 Å². The molecule has 0 aliphatic carbocycles. The van der Waals surface area contributed by atoms with Crippen molar-refractivity contribution >= 4 is 53.5 Å². The number of aromatic nitrogens is 1. The average molecular weight is 505 g/mol. The van der Waals surface area contributed by atoms with Gasteiger partial charge in [0.05, 0.1) is 33.9 Å². The van der Waals surface area contributed by atoms with E-state index in [1.165, 1.54) is 27.1 Å². The van der Waals surface area contributed by atoms with E-state index in [1.807, 2.05) is 0 Å². The number of hydrogen-bond acceptors (Lipinski definition) is 8. The normalized spacial score (nSPS) is 18.7. The molecule has 2 aromatic rings. The van der Waals surface area contributed by atoms with E-state index in [0.717, 1.165) is 17.6 Å². The lowest BCUT2D eigenvalue weighted by atomic mass is 9.99. The van der Waals surface area contributed by atoms with Crippen molar-refractivity contribution in [1.82, 2.24) is 8.87 Å². The number of thiazole rings is 1. The van der Waals surface area contributed by atoms with Crippen LogP contribution in [0.4, 0.5) is 0 Å². The summed E-state index contributed by atoms with van der Waals surface area (Å²) in [6, 6.07) is 4.15. The zero-order chi connectivity index (χ0) is 23.7. The summed E-state index contributed by atoms with van der Waals surface area (Å²) in [7, 11) is -7.37. The summed E-state index contributed by atoms with van der Waals surface area (Å²) >= 11 is 1.03. The van der Waals surface area contributed by atoms with E-state index in [0.29, 0.717) is 29.6 Å². The first-order chi connectivity index (χ1) is 14.9. The SMILES string of the molecule is CCOC(=O)Cn1c(=NC(=O)C2CCCN(S(C)(=O)=O)C2)sc2cc(S(N)(=O)=O)ccc21. The highest BCUT2D eigenvalue weighted by Crippen LogP contribution is 2.23. The number of ether oxygens (including phenoxy) is 1. The Morgan fingerprint density at radius 2 is 2.00 bits per heavy atom. The van der Waals surface area contributed by atoms with Gasteiger partial charge < -0.3 is 9.30 Å². The number of amides is 1. The molecule has 1 aliphatic heterocycles. The van der Waals surface area contributed by atoms with Crippen molar-refractivity contribution < 1.29 is 31.2 Å². The second-order valence-electron chi connectivity index (χ2n) is 7.36. The second-order valence-corrected chi connectivity index (χ2v) is 11.9. The smallest absolute Gasteiger partial charge is 0.326 e. The minimum Gasteiger partial charge on any atom is -0.465 e. The highest BCUT2D eigenvalue weighted by Gasteiger charge is 2.30. The van der Waals surface area contributed by atoms with Crippen LogP contribution in [0.15, 0.2) is 28.1 Å². The van der Waals surface area contributed by atoms with Gasteiger partial charge in [-0.15, -0.1) is 0 Å². The Bertz CT molecular complexity index is 1330. The predicted octanol–water partition coefficient (Wildman–Crippen LogP) is 0.0122.